The van der Waals surface area contributed by atoms with Gasteiger partial charge in [-0.2, -0.15) is 4.98 Å². The van der Waals surface area contributed by atoms with E-state index in [-0.39, 0.29) is 18.0 Å². The van der Waals surface area contributed by atoms with E-state index < -0.39 is 11.4 Å². The molecule has 24 heavy (non-hydrogen) atoms. The first-order valence-electron chi connectivity index (χ1n) is 8.48. The zero-order valence-corrected chi connectivity index (χ0v) is 15.0. The van der Waals surface area contributed by atoms with Crippen molar-refractivity contribution in [2.24, 2.45) is 0 Å². The van der Waals surface area contributed by atoms with Gasteiger partial charge in [0, 0.05) is 6.04 Å². The SMILES string of the molecule is CCc1ccc([C@H](C)Nc2nc(=O)n(C(C)C)c(=O)[nH]2)cc1CC. The summed E-state index contributed by atoms with van der Waals surface area (Å²) < 4.78 is 1.10. The standard InChI is InChI=1S/C18H26N4O2/c1-6-13-8-9-15(10-14(13)7-2)12(5)19-16-20-17(23)22(11(3)4)18(24)21-16/h8-12H,6-7H2,1-5H3,(H2,19,20,21,23,24)/t12-/m0/s1. The fourth-order valence-electron chi connectivity index (χ4n) is 2.83. The van der Waals surface area contributed by atoms with Gasteiger partial charge in [-0.15, -0.1) is 0 Å². The summed E-state index contributed by atoms with van der Waals surface area (Å²) in [7, 11) is 0. The van der Waals surface area contributed by atoms with Gasteiger partial charge in [0.2, 0.25) is 5.95 Å². The maximum Gasteiger partial charge on any atom is 0.355 e. The summed E-state index contributed by atoms with van der Waals surface area (Å²) in [6.45, 7) is 9.81. The first-order chi connectivity index (χ1) is 11.4. The van der Waals surface area contributed by atoms with Crippen molar-refractivity contribution in [2.45, 2.75) is 59.5 Å². The quantitative estimate of drug-likeness (QED) is 0.853. The summed E-state index contributed by atoms with van der Waals surface area (Å²) in [6, 6.07) is 6.08. The molecule has 0 radical (unpaired) electrons. The molecule has 1 heterocycles. The Bertz CT molecular complexity index is 789. The Kier molecular flexibility index (Phi) is 5.59. The predicted molar refractivity (Wildman–Crippen MR) is 96.7 cm³/mol. The van der Waals surface area contributed by atoms with Crippen LogP contribution in [0.5, 0.6) is 0 Å². The third-order valence-corrected chi connectivity index (χ3v) is 4.22. The van der Waals surface area contributed by atoms with Gasteiger partial charge in [0.1, 0.15) is 0 Å². The van der Waals surface area contributed by atoms with Gasteiger partial charge in [0.05, 0.1) is 6.04 Å². The number of hydrogen-bond acceptors (Lipinski definition) is 4. The number of aryl methyl sites for hydroxylation is 2. The zero-order valence-electron chi connectivity index (χ0n) is 15.0. The molecular weight excluding hydrogens is 304 g/mol. The van der Waals surface area contributed by atoms with Crippen molar-refractivity contribution in [3.8, 4) is 0 Å². The van der Waals surface area contributed by atoms with E-state index in [0.29, 0.717) is 0 Å². The van der Waals surface area contributed by atoms with Crippen molar-refractivity contribution >= 4 is 5.95 Å². The second-order valence-corrected chi connectivity index (χ2v) is 6.24. The molecule has 1 atom stereocenters. The topological polar surface area (TPSA) is 79.8 Å². The van der Waals surface area contributed by atoms with E-state index >= 15 is 0 Å². The molecule has 0 saturated heterocycles. The minimum Gasteiger partial charge on any atom is -0.349 e. The van der Waals surface area contributed by atoms with E-state index in [0.717, 1.165) is 23.0 Å². The normalized spacial score (nSPS) is 12.4. The Morgan fingerprint density at radius 3 is 2.33 bits per heavy atom. The molecule has 2 rings (SSSR count). The lowest BCUT2D eigenvalue weighted by atomic mass is 9.97. The molecule has 2 aromatic rings. The number of H-pyrrole nitrogens is 1. The van der Waals surface area contributed by atoms with E-state index in [9.17, 15) is 9.59 Å². The third-order valence-electron chi connectivity index (χ3n) is 4.22. The van der Waals surface area contributed by atoms with E-state index in [2.05, 4.69) is 47.3 Å². The molecule has 0 bridgehead atoms. The van der Waals surface area contributed by atoms with Crippen molar-refractivity contribution in [3.63, 3.8) is 0 Å². The highest BCUT2D eigenvalue weighted by Gasteiger charge is 2.12. The molecule has 0 aliphatic heterocycles. The maximum absolute atomic E-state index is 12.0. The summed E-state index contributed by atoms with van der Waals surface area (Å²) in [4.78, 5) is 30.6. The highest BCUT2D eigenvalue weighted by molar-refractivity contribution is 5.37. The number of aromatic amines is 1. The molecule has 1 aromatic heterocycles. The lowest BCUT2D eigenvalue weighted by Gasteiger charge is -2.17. The summed E-state index contributed by atoms with van der Waals surface area (Å²) >= 11 is 0. The monoisotopic (exact) mass is 330 g/mol. The highest BCUT2D eigenvalue weighted by atomic mass is 16.2. The first-order valence-corrected chi connectivity index (χ1v) is 8.48. The van der Waals surface area contributed by atoms with E-state index in [1.807, 2.05) is 6.92 Å². The Labute approximate surface area is 142 Å². The number of benzene rings is 1. The van der Waals surface area contributed by atoms with Crippen LogP contribution >= 0.6 is 0 Å². The lowest BCUT2D eigenvalue weighted by Crippen LogP contribution is -2.39. The second-order valence-electron chi connectivity index (χ2n) is 6.24. The minimum atomic E-state index is -0.543. The van der Waals surface area contributed by atoms with Crippen LogP contribution in [0.25, 0.3) is 0 Å². The Balaban J connectivity index is 2.29. The number of anilines is 1. The molecule has 0 fully saturated rings. The molecule has 2 N–H and O–H groups in total. The van der Waals surface area contributed by atoms with Crippen molar-refractivity contribution in [1.29, 1.82) is 0 Å². The molecular formula is C18H26N4O2. The van der Waals surface area contributed by atoms with E-state index in [4.69, 9.17) is 0 Å². The smallest absolute Gasteiger partial charge is 0.349 e. The van der Waals surface area contributed by atoms with Crippen LogP contribution in [0, 0.1) is 0 Å². The van der Waals surface area contributed by atoms with Crippen LogP contribution < -0.4 is 16.7 Å². The highest BCUT2D eigenvalue weighted by Crippen LogP contribution is 2.21. The number of rotatable bonds is 6. The Morgan fingerprint density at radius 2 is 1.79 bits per heavy atom. The second kappa shape index (κ2) is 7.47. The Hall–Kier alpha value is -2.37. The Morgan fingerprint density at radius 1 is 1.12 bits per heavy atom. The lowest BCUT2D eigenvalue weighted by molar-refractivity contribution is 0.529. The molecule has 0 unspecified atom stereocenters. The predicted octanol–water partition coefficient (Wildman–Crippen LogP) is 2.81. The molecule has 0 aliphatic carbocycles. The van der Waals surface area contributed by atoms with Crippen LogP contribution in [-0.2, 0) is 12.8 Å². The van der Waals surface area contributed by atoms with Crippen LogP contribution in [0.1, 0.15) is 63.4 Å². The maximum atomic E-state index is 12.0. The van der Waals surface area contributed by atoms with Gasteiger partial charge in [0.15, 0.2) is 0 Å². The number of nitrogens with one attached hydrogen (secondary N) is 2. The minimum absolute atomic E-state index is 0.0707. The molecule has 1 aromatic carbocycles. The molecule has 0 saturated carbocycles. The average molecular weight is 330 g/mol. The average Bonchev–Trinajstić information content (AvgIpc) is 2.52. The van der Waals surface area contributed by atoms with Crippen LogP contribution in [0.3, 0.4) is 0 Å². The van der Waals surface area contributed by atoms with E-state index in [1.54, 1.807) is 13.8 Å². The molecule has 6 nitrogen and oxygen atoms in total. The first kappa shape index (κ1) is 18.0. The van der Waals surface area contributed by atoms with Crippen molar-refractivity contribution in [1.82, 2.24) is 14.5 Å². The summed E-state index contributed by atoms with van der Waals surface area (Å²) in [5, 5.41) is 3.11. The van der Waals surface area contributed by atoms with Gasteiger partial charge in [-0.3, -0.25) is 4.98 Å². The number of hydrogen-bond donors (Lipinski definition) is 2. The summed E-state index contributed by atoms with van der Waals surface area (Å²) in [6.07, 6.45) is 1.98. The van der Waals surface area contributed by atoms with Gasteiger partial charge in [0.25, 0.3) is 0 Å². The van der Waals surface area contributed by atoms with Crippen LogP contribution in [0.4, 0.5) is 5.95 Å². The fourth-order valence-corrected chi connectivity index (χ4v) is 2.83. The van der Waals surface area contributed by atoms with Crippen molar-refractivity contribution in [3.05, 3.63) is 55.9 Å². The zero-order chi connectivity index (χ0) is 17.9. The van der Waals surface area contributed by atoms with Gasteiger partial charge in [-0.05, 0) is 50.3 Å². The number of aromatic nitrogens is 3. The summed E-state index contributed by atoms with van der Waals surface area (Å²) in [5.41, 5.74) is 2.77. The molecule has 0 spiro atoms. The van der Waals surface area contributed by atoms with Crippen LogP contribution in [-0.4, -0.2) is 14.5 Å². The van der Waals surface area contributed by atoms with Crippen molar-refractivity contribution in [2.75, 3.05) is 5.32 Å². The molecule has 0 aliphatic rings. The van der Waals surface area contributed by atoms with Gasteiger partial charge < -0.3 is 5.32 Å². The largest absolute Gasteiger partial charge is 0.355 e. The molecule has 6 heteroatoms. The van der Waals surface area contributed by atoms with Gasteiger partial charge in [-0.1, -0.05) is 32.0 Å². The van der Waals surface area contributed by atoms with Crippen LogP contribution in [0.2, 0.25) is 0 Å². The van der Waals surface area contributed by atoms with E-state index in [1.165, 1.54) is 11.1 Å². The molecule has 0 amide bonds. The fraction of sp³-hybridized carbons (Fsp3) is 0.500. The third kappa shape index (κ3) is 3.75. The van der Waals surface area contributed by atoms with Gasteiger partial charge in [-0.25, -0.2) is 14.2 Å². The van der Waals surface area contributed by atoms with Crippen LogP contribution in [0.15, 0.2) is 27.8 Å². The molecule has 130 valence electrons. The van der Waals surface area contributed by atoms with Crippen molar-refractivity contribution < 1.29 is 0 Å². The number of nitrogens with zero attached hydrogens (tertiary/aromatic N) is 2. The van der Waals surface area contributed by atoms with Gasteiger partial charge >= 0.3 is 11.4 Å². The summed E-state index contributed by atoms with van der Waals surface area (Å²) in [5.74, 6) is 0.201.